The van der Waals surface area contributed by atoms with E-state index in [1.54, 1.807) is 13.8 Å². The smallest absolute Gasteiger partial charge is 0.336 e. The third kappa shape index (κ3) is 29.2. The van der Waals surface area contributed by atoms with Crippen LogP contribution >= 0.6 is 24.2 Å². The summed E-state index contributed by atoms with van der Waals surface area (Å²) >= 11 is 10.6. The van der Waals surface area contributed by atoms with Crippen molar-refractivity contribution < 1.29 is 74.0 Å². The molecule has 0 unspecified atom stereocenters. The molecule has 0 radical (unpaired) electrons. The van der Waals surface area contributed by atoms with Gasteiger partial charge in [-0.1, -0.05) is 233 Å². The van der Waals surface area contributed by atoms with E-state index in [1.165, 1.54) is 6.92 Å². The number of likely N-dealkylation sites (N-methyl/N-ethyl adjacent to an activating group) is 1. The number of benzene rings is 3. The van der Waals surface area contributed by atoms with Crippen LogP contribution in [0.25, 0.3) is 10.6 Å². The molecule has 2 aliphatic carbocycles. The maximum atomic E-state index is 12.2. The molecule has 518 valence electrons. The monoisotopic (exact) mass is 1360 g/mol. The van der Waals surface area contributed by atoms with E-state index in [1.807, 2.05) is 135 Å². The number of carbonyl (C=O) groups is 7. The van der Waals surface area contributed by atoms with Crippen LogP contribution in [0.15, 0.2) is 215 Å². The zero-order valence-electron chi connectivity index (χ0n) is 57.4. The summed E-state index contributed by atoms with van der Waals surface area (Å²) < 4.78 is 5.94. The number of nitrogens with zero attached hydrogens (tertiary/aromatic N) is 1. The molecule has 1 amide bonds. The molecule has 17 nitrogen and oxygen atoms in total. The van der Waals surface area contributed by atoms with Gasteiger partial charge in [0.1, 0.15) is 30.6 Å². The maximum absolute atomic E-state index is 12.2. The van der Waals surface area contributed by atoms with E-state index in [0.29, 0.717) is 30.6 Å². The number of aliphatic hydroxyl groups is 3. The first-order chi connectivity index (χ1) is 45.0. The number of Topliss-reactive ketones (excluding diaryl/α,β-unsaturated/α-hetero) is 2. The topological polar surface area (TPSA) is 286 Å². The second kappa shape index (κ2) is 41.5. The van der Waals surface area contributed by atoms with Crippen molar-refractivity contribution in [3.63, 3.8) is 0 Å². The Morgan fingerprint density at radius 1 is 0.625 bits per heavy atom. The second-order valence-corrected chi connectivity index (χ2v) is 25.2. The van der Waals surface area contributed by atoms with Crippen LogP contribution in [-0.2, 0) is 33.6 Å². The summed E-state index contributed by atoms with van der Waals surface area (Å²) in [6.07, 6.45) is 25.2. The van der Waals surface area contributed by atoms with Gasteiger partial charge in [0.15, 0.2) is 17.2 Å². The fraction of sp³-hybridized carbons (Fsp3) is 0.364. The molecular formula is C77H97ClN2O15S. The van der Waals surface area contributed by atoms with Crippen molar-refractivity contribution in [3.05, 3.63) is 231 Å². The van der Waals surface area contributed by atoms with Gasteiger partial charge in [-0.2, -0.15) is 12.6 Å². The van der Waals surface area contributed by atoms with Gasteiger partial charge in [-0.05, 0) is 129 Å². The molecule has 0 fully saturated rings. The van der Waals surface area contributed by atoms with Crippen LogP contribution in [0.3, 0.4) is 0 Å². The fourth-order valence-corrected chi connectivity index (χ4v) is 10.7. The molecule has 0 saturated carbocycles. The van der Waals surface area contributed by atoms with Crippen LogP contribution in [0.4, 0.5) is 0 Å². The molecule has 19 heteroatoms. The lowest BCUT2D eigenvalue weighted by Gasteiger charge is -2.34. The predicted octanol–water partition coefficient (Wildman–Crippen LogP) is 13.7. The van der Waals surface area contributed by atoms with Crippen LogP contribution in [0.2, 0.25) is 0 Å². The third-order valence-electron chi connectivity index (χ3n) is 15.5. The summed E-state index contributed by atoms with van der Waals surface area (Å²) in [7, 11) is 0. The fourth-order valence-electron chi connectivity index (χ4n) is 10.1. The highest BCUT2D eigenvalue weighted by molar-refractivity contribution is 7.80. The molecule has 2 aliphatic rings. The number of amides is 1. The van der Waals surface area contributed by atoms with E-state index in [-0.39, 0.29) is 34.1 Å². The minimum Gasteiger partial charge on any atom is -0.492 e. The van der Waals surface area contributed by atoms with Crippen molar-refractivity contribution in [2.24, 2.45) is 10.8 Å². The number of ether oxygens (including phenoxy) is 1. The van der Waals surface area contributed by atoms with Gasteiger partial charge in [0, 0.05) is 24.8 Å². The van der Waals surface area contributed by atoms with Crippen molar-refractivity contribution >= 4 is 76.2 Å². The Kier molecular flexibility index (Phi) is 36.1. The maximum Gasteiger partial charge on any atom is 0.336 e. The van der Waals surface area contributed by atoms with Gasteiger partial charge in [0.25, 0.3) is 0 Å². The number of thiol groups is 1. The predicted molar refractivity (Wildman–Crippen MR) is 386 cm³/mol. The van der Waals surface area contributed by atoms with Gasteiger partial charge < -0.3 is 50.7 Å². The Hall–Kier alpha value is -8.49. The lowest BCUT2D eigenvalue weighted by atomic mass is 9.71. The summed E-state index contributed by atoms with van der Waals surface area (Å²) in [6.45, 7) is 29.3. The number of allylic oxidation sites excluding steroid dienone is 20. The highest BCUT2D eigenvalue weighted by Crippen LogP contribution is 2.41. The number of carbonyl (C=O) groups excluding carboxylic acids is 3. The normalized spacial score (nSPS) is 17.6. The second-order valence-electron chi connectivity index (χ2n) is 24.5. The number of ketones is 2. The molecule has 3 atom stereocenters. The van der Waals surface area contributed by atoms with Gasteiger partial charge in [0.2, 0.25) is 5.91 Å². The average Bonchev–Trinajstić information content (AvgIpc) is 0.806. The van der Waals surface area contributed by atoms with Gasteiger partial charge in [-0.3, -0.25) is 24.0 Å². The minimum atomic E-state index is -2.74. The Bertz CT molecular complexity index is 3410. The Labute approximate surface area is 576 Å². The number of halogens is 1. The molecule has 0 aliphatic heterocycles. The van der Waals surface area contributed by atoms with Crippen molar-refractivity contribution in [1.82, 2.24) is 10.2 Å². The summed E-state index contributed by atoms with van der Waals surface area (Å²) in [4.78, 5) is 77.8. The Morgan fingerprint density at radius 3 is 1.36 bits per heavy atom. The highest BCUT2D eigenvalue weighted by atomic mass is 35.5. The van der Waals surface area contributed by atoms with Gasteiger partial charge in [-0.15, -0.1) is 0 Å². The zero-order valence-corrected chi connectivity index (χ0v) is 59.1. The Morgan fingerprint density at radius 2 is 1.01 bits per heavy atom. The van der Waals surface area contributed by atoms with Crippen LogP contribution in [-0.4, -0.2) is 138 Å². The van der Waals surface area contributed by atoms with E-state index in [9.17, 15) is 43.8 Å². The van der Waals surface area contributed by atoms with E-state index in [2.05, 4.69) is 127 Å². The lowest BCUT2D eigenvalue weighted by Crippen LogP contribution is -2.42. The van der Waals surface area contributed by atoms with Gasteiger partial charge in [-0.25, -0.2) is 9.59 Å². The number of aliphatic hydroxyl groups excluding tert-OH is 2. The minimum absolute atomic E-state index is 0.106. The van der Waals surface area contributed by atoms with Crippen molar-refractivity contribution in [2.45, 2.75) is 140 Å². The molecule has 96 heavy (non-hydrogen) atoms. The van der Waals surface area contributed by atoms with E-state index in [0.717, 1.165) is 86.1 Å². The number of hydrogen-bond acceptors (Lipinski definition) is 13. The van der Waals surface area contributed by atoms with Crippen LogP contribution < -0.4 is 10.1 Å². The molecule has 0 bridgehead atoms. The number of carboxylic acids is 4. The zero-order chi connectivity index (χ0) is 72.5. The van der Waals surface area contributed by atoms with Crippen molar-refractivity contribution in [2.75, 3.05) is 32.0 Å². The number of hydrogen-bond donors (Lipinski definition) is 9. The third-order valence-corrected chi connectivity index (χ3v) is 16.2. The first-order valence-electron chi connectivity index (χ1n) is 31.5. The first kappa shape index (κ1) is 83.6. The molecule has 8 N–H and O–H groups in total. The molecular weight excluding hydrogens is 1260 g/mol. The first-order valence-corrected chi connectivity index (χ1v) is 32.5. The SMILES string of the molecule is CC(=O)N[C@@H](CS)C(=O)O.CC1=C(/C=C/C(C)=C/C=C/C(C)=C/C=C/C=C(C)/C=C/C=C(C)/C=C/C2=C(C)C(=O)[C@@H](O)CC2(C)C)C(C)(C)C[C@H](O)C1=O.CCN(CC)CCOc1ccc(/C(=C(/Cl)c2ccccc2)c2ccccc2)cc1.O=C(O)CC(O)(CC(=O)O)C(=O)O. The number of rotatable bonds is 27. The number of aliphatic carboxylic acids is 4. The quantitative estimate of drug-likeness (QED) is 0.0195. The largest absolute Gasteiger partial charge is 0.492 e. The highest BCUT2D eigenvalue weighted by Gasteiger charge is 2.41. The average molecular weight is 1360 g/mol. The summed E-state index contributed by atoms with van der Waals surface area (Å²) in [5.41, 5.74) is 8.62. The summed E-state index contributed by atoms with van der Waals surface area (Å²) in [5, 5.41) is 65.2. The molecule has 5 rings (SSSR count). The van der Waals surface area contributed by atoms with Gasteiger partial charge in [0.05, 0.1) is 17.9 Å². The van der Waals surface area contributed by atoms with Crippen molar-refractivity contribution in [3.8, 4) is 5.75 Å². The molecule has 0 spiro atoms. The van der Waals surface area contributed by atoms with Crippen LogP contribution in [0, 0.1) is 10.8 Å². The standard InChI is InChI=1S/C40H52O4.C26H28ClNO.C6H8O7.C5H9NO3S/c1-27(17-13-19-29(3)21-23-33-31(5)37(43)35(41)25-39(33,7)8)15-11-12-16-28(2)18-14-20-30(4)22-24-34-32(6)38(44)36(42)26-40(34,9)10;1-3-28(4-2)19-20-29-24-17-15-22(16-18-24)25(21-11-7-5-8-12-21)26(27)23-13-9-6-10-14-23;7-3(8)1-6(13,5(11)12)2-4(9)10;1-3(7)6-4(2-10)5(8)9/h11-24,35-36,41-42H,25-26H2,1-10H3;5-18H,3-4,19-20H2,1-2H3;13H,1-2H2,(H,7,8)(H,9,10)(H,11,12);4,10H,2H2,1H3,(H,6,7)(H,8,9)/b12-11+,17-13+,18-14+,23-21+,24-22+,27-15+,28-16+,29-19+,30-20+;26-25+;;/t35-,36-;;;4-/m0..0/s1. The molecule has 0 heterocycles. The molecule has 3 aromatic carbocycles. The van der Waals surface area contributed by atoms with Crippen molar-refractivity contribution in [1.29, 1.82) is 0 Å². The molecule has 0 saturated heterocycles. The molecule has 3 aromatic rings. The van der Waals surface area contributed by atoms with E-state index < -0.39 is 60.6 Å². The molecule has 0 aromatic heterocycles. The van der Waals surface area contributed by atoms with Crippen LogP contribution in [0.1, 0.15) is 132 Å². The lowest BCUT2D eigenvalue weighted by molar-refractivity contribution is -0.170. The summed E-state index contributed by atoms with van der Waals surface area (Å²) in [5.74, 6) is -5.81. The number of nitrogens with one attached hydrogen (secondary N) is 1. The van der Waals surface area contributed by atoms with Crippen LogP contribution in [0.5, 0.6) is 5.75 Å². The number of carboxylic acid groups (broad SMARTS) is 4. The van der Waals surface area contributed by atoms with E-state index in [4.69, 9.17) is 41.9 Å². The van der Waals surface area contributed by atoms with E-state index >= 15 is 0 Å². The summed E-state index contributed by atoms with van der Waals surface area (Å²) in [6, 6.07) is 27.7. The van der Waals surface area contributed by atoms with Gasteiger partial charge >= 0.3 is 23.9 Å². The Balaban J connectivity index is 0.000000510.